The Labute approximate surface area is 222 Å². The number of rotatable bonds is 6. The van der Waals surface area contributed by atoms with Crippen molar-refractivity contribution in [3.8, 4) is 22.6 Å². The summed E-state index contributed by atoms with van der Waals surface area (Å²) in [6.45, 7) is 1.98. The van der Waals surface area contributed by atoms with Gasteiger partial charge in [0.15, 0.2) is 5.65 Å². The Hall–Kier alpha value is -4.97. The van der Waals surface area contributed by atoms with E-state index in [1.807, 2.05) is 31.2 Å². The molecule has 0 aliphatic heterocycles. The third kappa shape index (κ3) is 4.20. The fourth-order valence-electron chi connectivity index (χ4n) is 4.32. The van der Waals surface area contributed by atoms with Gasteiger partial charge in [-0.15, -0.1) is 11.3 Å². The fourth-order valence-corrected chi connectivity index (χ4v) is 5.34. The van der Waals surface area contributed by atoms with E-state index >= 15 is 0 Å². The zero-order valence-corrected chi connectivity index (χ0v) is 21.0. The standard InChI is InChI=1S/C27H18F2N6O3S/c1-13-4-6-14(7-5-13)18-8-9-31-25-16(12-32-35(18)25)26(37)34-21-20-15(19-3-2-10-38-19)11-17(23(28)29)33-27(20)39-22(21)24(30)36/h2-12,23H,1H3,(H2,30,36)(H,34,37). The lowest BCUT2D eigenvalue weighted by molar-refractivity contribution is 0.100. The highest BCUT2D eigenvalue weighted by atomic mass is 32.1. The molecule has 0 saturated carbocycles. The van der Waals surface area contributed by atoms with Crippen molar-refractivity contribution in [2.75, 3.05) is 5.32 Å². The van der Waals surface area contributed by atoms with Gasteiger partial charge in [0.25, 0.3) is 18.2 Å². The molecule has 0 fully saturated rings. The minimum atomic E-state index is -2.87. The van der Waals surface area contributed by atoms with E-state index in [4.69, 9.17) is 10.2 Å². The number of aromatic nitrogens is 4. The van der Waals surface area contributed by atoms with Gasteiger partial charge >= 0.3 is 0 Å². The number of fused-ring (bicyclic) bond motifs is 2. The first-order valence-corrected chi connectivity index (χ1v) is 12.4. The predicted molar refractivity (Wildman–Crippen MR) is 142 cm³/mol. The zero-order chi connectivity index (χ0) is 27.3. The molecule has 2 amide bonds. The summed E-state index contributed by atoms with van der Waals surface area (Å²) >= 11 is 0.807. The first kappa shape index (κ1) is 24.4. The molecule has 1 aromatic carbocycles. The van der Waals surface area contributed by atoms with E-state index in [2.05, 4.69) is 20.4 Å². The van der Waals surface area contributed by atoms with Gasteiger partial charge in [-0.25, -0.2) is 23.3 Å². The number of nitrogens with two attached hydrogens (primary N) is 1. The van der Waals surface area contributed by atoms with Crippen molar-refractivity contribution in [3.63, 3.8) is 0 Å². The molecule has 9 nitrogen and oxygen atoms in total. The Balaban J connectivity index is 1.48. The number of halogens is 2. The summed E-state index contributed by atoms with van der Waals surface area (Å²) in [7, 11) is 0. The molecule has 0 saturated heterocycles. The van der Waals surface area contributed by atoms with Gasteiger partial charge in [0.2, 0.25) is 0 Å². The first-order chi connectivity index (χ1) is 18.8. The molecule has 6 rings (SSSR count). The Morgan fingerprint density at radius 1 is 1.15 bits per heavy atom. The number of anilines is 1. The van der Waals surface area contributed by atoms with E-state index in [0.29, 0.717) is 0 Å². The van der Waals surface area contributed by atoms with Crippen LogP contribution in [0.2, 0.25) is 0 Å². The number of thiophene rings is 1. The lowest BCUT2D eigenvalue weighted by Crippen LogP contribution is -2.17. The molecule has 0 spiro atoms. The largest absolute Gasteiger partial charge is 0.464 e. The monoisotopic (exact) mass is 544 g/mol. The Bertz CT molecular complexity index is 1880. The third-order valence-corrected chi connectivity index (χ3v) is 7.25. The lowest BCUT2D eigenvalue weighted by Gasteiger charge is -2.09. The number of primary amides is 1. The quantitative estimate of drug-likeness (QED) is 0.270. The summed E-state index contributed by atoms with van der Waals surface area (Å²) in [4.78, 5) is 34.3. The Kier molecular flexibility index (Phi) is 5.88. The number of aryl methyl sites for hydroxylation is 1. The van der Waals surface area contributed by atoms with Crippen LogP contribution in [0.25, 0.3) is 38.4 Å². The van der Waals surface area contributed by atoms with Crippen molar-refractivity contribution in [2.24, 2.45) is 5.73 Å². The summed E-state index contributed by atoms with van der Waals surface area (Å²) in [5.74, 6) is -1.21. The average Bonchev–Trinajstić information content (AvgIpc) is 3.67. The highest BCUT2D eigenvalue weighted by Gasteiger charge is 2.27. The van der Waals surface area contributed by atoms with Crippen LogP contribution in [0.4, 0.5) is 14.5 Å². The van der Waals surface area contributed by atoms with Crippen LogP contribution in [0.5, 0.6) is 0 Å². The summed E-state index contributed by atoms with van der Waals surface area (Å²) < 4.78 is 34.3. The van der Waals surface area contributed by atoms with Gasteiger partial charge in [-0.2, -0.15) is 5.10 Å². The van der Waals surface area contributed by atoms with Crippen LogP contribution in [0.1, 0.15) is 37.7 Å². The van der Waals surface area contributed by atoms with Gasteiger partial charge in [-0.3, -0.25) is 9.59 Å². The number of alkyl halides is 2. The van der Waals surface area contributed by atoms with Crippen LogP contribution in [-0.2, 0) is 0 Å². The van der Waals surface area contributed by atoms with Crippen molar-refractivity contribution in [1.29, 1.82) is 0 Å². The number of benzene rings is 1. The van der Waals surface area contributed by atoms with E-state index in [1.165, 1.54) is 18.5 Å². The molecule has 0 aliphatic rings. The molecule has 0 bridgehead atoms. The summed E-state index contributed by atoms with van der Waals surface area (Å²) in [5.41, 5.74) is 8.52. The van der Waals surface area contributed by atoms with E-state index < -0.39 is 23.9 Å². The van der Waals surface area contributed by atoms with Gasteiger partial charge in [0, 0.05) is 22.7 Å². The van der Waals surface area contributed by atoms with Crippen LogP contribution in [0, 0.1) is 6.92 Å². The van der Waals surface area contributed by atoms with Crippen molar-refractivity contribution < 1.29 is 22.8 Å². The summed E-state index contributed by atoms with van der Waals surface area (Å²) in [5, 5.41) is 7.36. The molecule has 0 radical (unpaired) electrons. The second kappa shape index (κ2) is 9.40. The molecule has 194 valence electrons. The SMILES string of the molecule is Cc1ccc(-c2ccnc3c(C(=O)Nc4c(C(N)=O)sc5nc(C(F)F)cc(-c6ccco6)c45)cnn23)cc1. The molecule has 5 heterocycles. The molecule has 12 heteroatoms. The minimum absolute atomic E-state index is 0.0428. The number of carbonyl (C=O) groups excluding carboxylic acids is 2. The van der Waals surface area contributed by atoms with Crippen molar-refractivity contribution in [3.05, 3.63) is 88.9 Å². The van der Waals surface area contributed by atoms with E-state index in [1.54, 1.807) is 28.9 Å². The van der Waals surface area contributed by atoms with Gasteiger partial charge in [-0.05, 0) is 31.2 Å². The number of hydrogen-bond acceptors (Lipinski definition) is 7. The number of furan rings is 1. The molecule has 5 aromatic heterocycles. The molecule has 6 aromatic rings. The van der Waals surface area contributed by atoms with Gasteiger partial charge in [0.05, 0.1) is 23.8 Å². The van der Waals surface area contributed by atoms with E-state index in [0.717, 1.165) is 28.2 Å². The number of nitrogens with zero attached hydrogens (tertiary/aromatic N) is 4. The second-order valence-corrected chi connectivity index (χ2v) is 9.67. The van der Waals surface area contributed by atoms with E-state index in [9.17, 15) is 18.4 Å². The van der Waals surface area contributed by atoms with Crippen molar-refractivity contribution in [2.45, 2.75) is 13.3 Å². The highest BCUT2D eigenvalue weighted by molar-refractivity contribution is 7.21. The minimum Gasteiger partial charge on any atom is -0.464 e. The normalized spacial score (nSPS) is 11.5. The first-order valence-electron chi connectivity index (χ1n) is 11.6. The van der Waals surface area contributed by atoms with Crippen molar-refractivity contribution >= 4 is 44.7 Å². The highest BCUT2D eigenvalue weighted by Crippen LogP contribution is 2.42. The number of pyridine rings is 1. The van der Waals surface area contributed by atoms with Gasteiger partial charge < -0.3 is 15.5 Å². The Morgan fingerprint density at radius 3 is 2.64 bits per heavy atom. The molecular weight excluding hydrogens is 526 g/mol. The molecule has 39 heavy (non-hydrogen) atoms. The number of hydrogen-bond donors (Lipinski definition) is 2. The average molecular weight is 545 g/mol. The summed E-state index contributed by atoms with van der Waals surface area (Å²) in [6, 6.07) is 14.0. The van der Waals surface area contributed by atoms with Crippen LogP contribution in [0.15, 0.2) is 71.6 Å². The maximum absolute atomic E-state index is 13.6. The molecule has 0 atom stereocenters. The molecule has 0 unspecified atom stereocenters. The van der Waals surface area contributed by atoms with Gasteiger partial charge in [-0.1, -0.05) is 29.8 Å². The van der Waals surface area contributed by atoms with Crippen LogP contribution < -0.4 is 11.1 Å². The number of amides is 2. The molecule has 3 N–H and O–H groups in total. The second-order valence-electron chi connectivity index (χ2n) is 8.67. The lowest BCUT2D eigenvalue weighted by atomic mass is 10.1. The predicted octanol–water partition coefficient (Wildman–Crippen LogP) is 5.86. The maximum Gasteiger partial charge on any atom is 0.280 e. The zero-order valence-electron chi connectivity index (χ0n) is 20.2. The number of carbonyl (C=O) groups is 2. The molecule has 0 aliphatic carbocycles. The smallest absolute Gasteiger partial charge is 0.280 e. The Morgan fingerprint density at radius 2 is 1.95 bits per heavy atom. The third-order valence-electron chi connectivity index (χ3n) is 6.15. The van der Waals surface area contributed by atoms with Crippen molar-refractivity contribution in [1.82, 2.24) is 19.6 Å². The number of nitrogens with one attached hydrogen (secondary N) is 1. The van der Waals surface area contributed by atoms with Crippen LogP contribution in [0.3, 0.4) is 0 Å². The molecular formula is C27H18F2N6O3S. The van der Waals surface area contributed by atoms with Crippen LogP contribution in [-0.4, -0.2) is 31.4 Å². The van der Waals surface area contributed by atoms with Gasteiger partial charge in [0.1, 0.15) is 26.7 Å². The topological polar surface area (TPSA) is 128 Å². The maximum atomic E-state index is 13.6. The summed E-state index contributed by atoms with van der Waals surface area (Å²) in [6.07, 6.45) is 1.46. The fraction of sp³-hybridized carbons (Fsp3) is 0.0741. The van der Waals surface area contributed by atoms with E-state index in [-0.39, 0.29) is 43.3 Å². The van der Waals surface area contributed by atoms with Crippen LogP contribution >= 0.6 is 11.3 Å².